The topological polar surface area (TPSA) is 9.23 Å². The van der Waals surface area contributed by atoms with Gasteiger partial charge in [-0.05, 0) is 55.3 Å². The number of hydrogen-bond acceptors (Lipinski definition) is 1. The average Bonchev–Trinajstić information content (AvgIpc) is 2.68. The highest BCUT2D eigenvalue weighted by molar-refractivity contribution is 6.18. The summed E-state index contributed by atoms with van der Waals surface area (Å²) >= 11 is 6.19. The van der Waals surface area contributed by atoms with Gasteiger partial charge in [0.2, 0.25) is 0 Å². The first-order valence-electron chi connectivity index (χ1n) is 5.95. The van der Waals surface area contributed by atoms with E-state index < -0.39 is 0 Å². The quantitative estimate of drug-likeness (QED) is 0.657. The summed E-state index contributed by atoms with van der Waals surface area (Å²) in [6.07, 6.45) is 6.94. The summed E-state index contributed by atoms with van der Waals surface area (Å²) in [4.78, 5) is 0. The van der Waals surface area contributed by atoms with E-state index in [0.717, 1.165) is 36.8 Å². The van der Waals surface area contributed by atoms with Gasteiger partial charge >= 0.3 is 0 Å². The predicted molar refractivity (Wildman–Crippen MR) is 57.5 cm³/mol. The third-order valence-electron chi connectivity index (χ3n) is 4.49. The van der Waals surface area contributed by atoms with E-state index in [0.29, 0.717) is 5.41 Å². The number of fused-ring (bicyclic) bond motifs is 1. The zero-order valence-corrected chi connectivity index (χ0v) is 9.43. The van der Waals surface area contributed by atoms with E-state index in [2.05, 4.69) is 0 Å². The Morgan fingerprint density at radius 3 is 2.64 bits per heavy atom. The van der Waals surface area contributed by atoms with Crippen LogP contribution in [0.4, 0.5) is 0 Å². The van der Waals surface area contributed by atoms with Crippen molar-refractivity contribution in [3.8, 4) is 0 Å². The summed E-state index contributed by atoms with van der Waals surface area (Å²) in [6.45, 7) is 1.98. The highest BCUT2D eigenvalue weighted by Crippen LogP contribution is 2.62. The Bertz CT molecular complexity index is 212. The molecular formula is C12H19ClO. The van der Waals surface area contributed by atoms with Gasteiger partial charge in [-0.3, -0.25) is 0 Å². The summed E-state index contributed by atoms with van der Waals surface area (Å²) in [5, 5.41) is 0. The molecule has 1 aliphatic heterocycles. The SMILES string of the molecule is ClCC1(CC2CCOC2)CC2CC2C1. The lowest BCUT2D eigenvalue weighted by Crippen LogP contribution is -2.25. The Morgan fingerprint density at radius 1 is 1.29 bits per heavy atom. The molecule has 0 aromatic rings. The Hall–Kier alpha value is 0.250. The first kappa shape index (κ1) is 9.47. The molecule has 3 fully saturated rings. The first-order chi connectivity index (χ1) is 6.81. The van der Waals surface area contributed by atoms with E-state index in [-0.39, 0.29) is 0 Å². The molecule has 14 heavy (non-hydrogen) atoms. The smallest absolute Gasteiger partial charge is 0.0495 e. The van der Waals surface area contributed by atoms with Gasteiger partial charge in [-0.25, -0.2) is 0 Å². The van der Waals surface area contributed by atoms with Crippen LogP contribution in [0.15, 0.2) is 0 Å². The van der Waals surface area contributed by atoms with Gasteiger partial charge in [0.15, 0.2) is 0 Å². The van der Waals surface area contributed by atoms with Crippen LogP contribution in [0.1, 0.15) is 32.1 Å². The normalized spacial score (nSPS) is 50.8. The molecule has 2 saturated carbocycles. The maximum atomic E-state index is 6.19. The fourth-order valence-electron chi connectivity index (χ4n) is 3.69. The maximum absolute atomic E-state index is 6.19. The number of hydrogen-bond donors (Lipinski definition) is 0. The van der Waals surface area contributed by atoms with Crippen molar-refractivity contribution < 1.29 is 4.74 Å². The summed E-state index contributed by atoms with van der Waals surface area (Å²) in [5.41, 5.74) is 0.507. The van der Waals surface area contributed by atoms with Crippen LogP contribution < -0.4 is 0 Å². The van der Waals surface area contributed by atoms with Gasteiger partial charge in [-0.1, -0.05) is 0 Å². The van der Waals surface area contributed by atoms with Crippen LogP contribution in [0.5, 0.6) is 0 Å². The van der Waals surface area contributed by atoms with E-state index in [1.165, 1.54) is 32.1 Å². The van der Waals surface area contributed by atoms with Crippen LogP contribution >= 0.6 is 11.6 Å². The molecule has 3 unspecified atom stereocenters. The standard InChI is InChI=1S/C12H19ClO/c13-8-12(4-9-1-2-14-7-9)5-10-3-11(10)6-12/h9-11H,1-8H2. The molecule has 0 N–H and O–H groups in total. The molecule has 0 amide bonds. The Kier molecular flexibility index (Phi) is 2.29. The van der Waals surface area contributed by atoms with Crippen molar-refractivity contribution in [2.24, 2.45) is 23.2 Å². The molecule has 0 bridgehead atoms. The van der Waals surface area contributed by atoms with Crippen LogP contribution in [-0.2, 0) is 4.74 Å². The van der Waals surface area contributed by atoms with Crippen molar-refractivity contribution in [1.82, 2.24) is 0 Å². The highest BCUT2D eigenvalue weighted by Gasteiger charge is 2.53. The minimum absolute atomic E-state index is 0.507. The minimum Gasteiger partial charge on any atom is -0.381 e. The van der Waals surface area contributed by atoms with Crippen LogP contribution in [0.25, 0.3) is 0 Å². The van der Waals surface area contributed by atoms with Crippen LogP contribution in [0.3, 0.4) is 0 Å². The molecule has 1 heterocycles. The summed E-state index contributed by atoms with van der Waals surface area (Å²) in [5.74, 6) is 3.80. The minimum atomic E-state index is 0.507. The van der Waals surface area contributed by atoms with Crippen LogP contribution in [-0.4, -0.2) is 19.1 Å². The Morgan fingerprint density at radius 2 is 2.07 bits per heavy atom. The molecule has 1 nitrogen and oxygen atoms in total. The van der Waals surface area contributed by atoms with Crippen molar-refractivity contribution in [1.29, 1.82) is 0 Å². The lowest BCUT2D eigenvalue weighted by atomic mass is 9.77. The Labute approximate surface area is 91.2 Å². The van der Waals surface area contributed by atoms with Crippen LogP contribution in [0, 0.1) is 23.2 Å². The molecule has 0 aromatic carbocycles. The third kappa shape index (κ3) is 1.59. The zero-order valence-electron chi connectivity index (χ0n) is 8.68. The van der Waals surface area contributed by atoms with Crippen LogP contribution in [0.2, 0.25) is 0 Å². The molecular weight excluding hydrogens is 196 g/mol. The molecule has 80 valence electrons. The van der Waals surface area contributed by atoms with Crippen molar-refractivity contribution in [2.75, 3.05) is 19.1 Å². The summed E-state index contributed by atoms with van der Waals surface area (Å²) in [6, 6.07) is 0. The second-order valence-electron chi connectivity index (χ2n) is 5.73. The van der Waals surface area contributed by atoms with E-state index in [9.17, 15) is 0 Å². The van der Waals surface area contributed by atoms with E-state index in [1.807, 2.05) is 0 Å². The van der Waals surface area contributed by atoms with Gasteiger partial charge < -0.3 is 4.74 Å². The van der Waals surface area contributed by atoms with Crippen molar-refractivity contribution in [3.63, 3.8) is 0 Å². The third-order valence-corrected chi connectivity index (χ3v) is 5.06. The van der Waals surface area contributed by atoms with Crippen molar-refractivity contribution >= 4 is 11.6 Å². The summed E-state index contributed by atoms with van der Waals surface area (Å²) < 4.78 is 5.45. The lowest BCUT2D eigenvalue weighted by molar-refractivity contribution is 0.163. The van der Waals surface area contributed by atoms with Gasteiger partial charge in [0.1, 0.15) is 0 Å². The van der Waals surface area contributed by atoms with Gasteiger partial charge in [-0.2, -0.15) is 0 Å². The fourth-order valence-corrected chi connectivity index (χ4v) is 4.02. The molecule has 0 radical (unpaired) electrons. The molecule has 0 aromatic heterocycles. The predicted octanol–water partition coefficient (Wildman–Crippen LogP) is 3.07. The number of alkyl halides is 1. The van der Waals surface area contributed by atoms with E-state index >= 15 is 0 Å². The largest absolute Gasteiger partial charge is 0.381 e. The van der Waals surface area contributed by atoms with Crippen molar-refractivity contribution in [2.45, 2.75) is 32.1 Å². The maximum Gasteiger partial charge on any atom is 0.0495 e. The molecule has 2 heteroatoms. The second kappa shape index (κ2) is 3.38. The molecule has 3 rings (SSSR count). The fraction of sp³-hybridized carbons (Fsp3) is 1.00. The number of halogens is 1. The van der Waals surface area contributed by atoms with Gasteiger partial charge in [-0.15, -0.1) is 11.6 Å². The summed E-state index contributed by atoms with van der Waals surface area (Å²) in [7, 11) is 0. The first-order valence-corrected chi connectivity index (χ1v) is 6.48. The zero-order chi connectivity index (χ0) is 9.60. The lowest BCUT2D eigenvalue weighted by Gasteiger charge is -2.30. The average molecular weight is 215 g/mol. The molecule has 3 atom stereocenters. The monoisotopic (exact) mass is 214 g/mol. The Balaban J connectivity index is 1.62. The second-order valence-corrected chi connectivity index (χ2v) is 6.00. The number of rotatable bonds is 3. The highest BCUT2D eigenvalue weighted by atomic mass is 35.5. The van der Waals surface area contributed by atoms with E-state index in [4.69, 9.17) is 16.3 Å². The van der Waals surface area contributed by atoms with Gasteiger partial charge in [0.25, 0.3) is 0 Å². The molecule has 0 spiro atoms. The van der Waals surface area contributed by atoms with E-state index in [1.54, 1.807) is 0 Å². The number of ether oxygens (including phenoxy) is 1. The molecule has 3 aliphatic rings. The van der Waals surface area contributed by atoms with Gasteiger partial charge in [0.05, 0.1) is 0 Å². The molecule has 1 saturated heterocycles. The molecule has 2 aliphatic carbocycles. The van der Waals surface area contributed by atoms with Gasteiger partial charge in [0, 0.05) is 19.1 Å². The van der Waals surface area contributed by atoms with Crippen molar-refractivity contribution in [3.05, 3.63) is 0 Å².